The van der Waals surface area contributed by atoms with Crippen LogP contribution in [-0.4, -0.2) is 16.9 Å². The highest BCUT2D eigenvalue weighted by atomic mass is 79.9. The molecule has 1 amide bonds. The lowest BCUT2D eigenvalue weighted by Crippen LogP contribution is -2.36. The Labute approximate surface area is 131 Å². The highest BCUT2D eigenvalue weighted by molar-refractivity contribution is 9.10. The molecule has 21 heavy (non-hydrogen) atoms. The van der Waals surface area contributed by atoms with Crippen LogP contribution in [0.5, 0.6) is 0 Å². The van der Waals surface area contributed by atoms with E-state index in [1.807, 2.05) is 6.07 Å². The minimum Gasteiger partial charge on any atom is -0.369 e. The highest BCUT2D eigenvalue weighted by Gasteiger charge is 2.24. The predicted octanol–water partition coefficient (Wildman–Crippen LogP) is 2.49. The Morgan fingerprint density at radius 2 is 2.05 bits per heavy atom. The van der Waals surface area contributed by atoms with Crippen LogP contribution in [0.2, 0.25) is 0 Å². The Morgan fingerprint density at radius 3 is 2.62 bits per heavy atom. The van der Waals surface area contributed by atoms with Crippen molar-refractivity contribution in [3.63, 3.8) is 0 Å². The molecule has 0 spiro atoms. The number of carbonyl (C=O) groups excluding carboxylic acids is 1. The maximum absolute atomic E-state index is 11.1. The zero-order valence-electron chi connectivity index (χ0n) is 11.5. The van der Waals surface area contributed by atoms with Gasteiger partial charge in [0.15, 0.2) is 0 Å². The van der Waals surface area contributed by atoms with E-state index in [1.165, 1.54) is 6.07 Å². The Kier molecular flexibility index (Phi) is 5.30. The fourth-order valence-electron chi connectivity index (χ4n) is 2.68. The van der Waals surface area contributed by atoms with Gasteiger partial charge in [0.2, 0.25) is 5.91 Å². The first-order valence-electron chi connectivity index (χ1n) is 6.93. The quantitative estimate of drug-likeness (QED) is 0.626. The molecular weight excluding hydrogens is 338 g/mol. The van der Waals surface area contributed by atoms with Gasteiger partial charge >= 0.3 is 0 Å². The molecule has 0 aromatic heterocycles. The van der Waals surface area contributed by atoms with Crippen molar-refractivity contribution in [3.8, 4) is 0 Å². The number of amides is 1. The van der Waals surface area contributed by atoms with Gasteiger partial charge in [-0.2, -0.15) is 0 Å². The minimum atomic E-state index is -0.397. The number of halogens is 1. The van der Waals surface area contributed by atoms with Gasteiger partial charge in [0.05, 0.1) is 9.40 Å². The molecule has 6 nitrogen and oxygen atoms in total. The summed E-state index contributed by atoms with van der Waals surface area (Å²) >= 11 is 3.29. The van der Waals surface area contributed by atoms with Crippen molar-refractivity contribution in [2.75, 3.05) is 0 Å². The van der Waals surface area contributed by atoms with E-state index in [-0.39, 0.29) is 17.5 Å². The van der Waals surface area contributed by atoms with Gasteiger partial charge in [-0.25, -0.2) is 0 Å². The van der Waals surface area contributed by atoms with E-state index in [2.05, 4.69) is 21.2 Å². The third-order valence-corrected chi connectivity index (χ3v) is 4.88. The zero-order chi connectivity index (χ0) is 15.4. The number of hydrogen-bond donors (Lipinski definition) is 2. The van der Waals surface area contributed by atoms with Crippen molar-refractivity contribution in [1.82, 2.24) is 5.32 Å². The Hall–Kier alpha value is -1.47. The second kappa shape index (κ2) is 7.00. The molecule has 0 heterocycles. The lowest BCUT2D eigenvalue weighted by Gasteiger charge is -2.27. The summed E-state index contributed by atoms with van der Waals surface area (Å²) in [6.07, 6.45) is 3.42. The maximum atomic E-state index is 11.1. The number of nitro groups is 1. The normalized spacial score (nSPS) is 22.0. The summed E-state index contributed by atoms with van der Waals surface area (Å²) in [6.45, 7) is 0.564. The van der Waals surface area contributed by atoms with E-state index in [0.29, 0.717) is 17.1 Å². The summed E-state index contributed by atoms with van der Waals surface area (Å²) in [7, 11) is 0. The SMILES string of the molecule is NC(=O)C1CCC(NCc2cccc([N+](=O)[O-])c2Br)CC1. The molecule has 3 N–H and O–H groups in total. The molecule has 0 unspecified atom stereocenters. The van der Waals surface area contributed by atoms with Crippen LogP contribution in [0.15, 0.2) is 22.7 Å². The van der Waals surface area contributed by atoms with Gasteiger partial charge in [0.25, 0.3) is 5.69 Å². The number of carbonyl (C=O) groups is 1. The number of rotatable bonds is 5. The van der Waals surface area contributed by atoms with Crippen LogP contribution in [0.3, 0.4) is 0 Å². The maximum Gasteiger partial charge on any atom is 0.283 e. The molecule has 0 bridgehead atoms. The van der Waals surface area contributed by atoms with Gasteiger partial charge in [-0.05, 0) is 47.2 Å². The molecule has 114 valence electrons. The fourth-order valence-corrected chi connectivity index (χ4v) is 3.23. The zero-order valence-corrected chi connectivity index (χ0v) is 13.1. The van der Waals surface area contributed by atoms with Gasteiger partial charge < -0.3 is 11.1 Å². The highest BCUT2D eigenvalue weighted by Crippen LogP contribution is 2.29. The first kappa shape index (κ1) is 15.9. The smallest absolute Gasteiger partial charge is 0.283 e. The lowest BCUT2D eigenvalue weighted by molar-refractivity contribution is -0.385. The van der Waals surface area contributed by atoms with E-state index in [9.17, 15) is 14.9 Å². The number of nitrogens with one attached hydrogen (secondary N) is 1. The largest absolute Gasteiger partial charge is 0.369 e. The molecular formula is C14H18BrN3O3. The van der Waals surface area contributed by atoms with Gasteiger partial charge in [0.1, 0.15) is 0 Å². The van der Waals surface area contributed by atoms with Crippen molar-refractivity contribution < 1.29 is 9.72 Å². The Bertz CT molecular complexity index is 542. The van der Waals surface area contributed by atoms with Crippen LogP contribution < -0.4 is 11.1 Å². The third-order valence-electron chi connectivity index (χ3n) is 3.97. The number of primary amides is 1. The summed E-state index contributed by atoms with van der Waals surface area (Å²) in [5.41, 5.74) is 6.25. The van der Waals surface area contributed by atoms with Crippen molar-refractivity contribution in [1.29, 1.82) is 0 Å². The average molecular weight is 356 g/mol. The number of benzene rings is 1. The minimum absolute atomic E-state index is 0.00685. The fraction of sp³-hybridized carbons (Fsp3) is 0.500. The summed E-state index contributed by atoms with van der Waals surface area (Å²) in [5, 5.41) is 14.3. The second-order valence-electron chi connectivity index (χ2n) is 5.34. The topological polar surface area (TPSA) is 98.3 Å². The van der Waals surface area contributed by atoms with Gasteiger partial charge in [-0.15, -0.1) is 0 Å². The van der Waals surface area contributed by atoms with E-state index < -0.39 is 4.92 Å². The second-order valence-corrected chi connectivity index (χ2v) is 6.13. The van der Waals surface area contributed by atoms with Crippen molar-refractivity contribution >= 4 is 27.5 Å². The lowest BCUT2D eigenvalue weighted by atomic mass is 9.85. The monoisotopic (exact) mass is 355 g/mol. The van der Waals surface area contributed by atoms with Crippen molar-refractivity contribution in [3.05, 3.63) is 38.3 Å². The van der Waals surface area contributed by atoms with Crippen molar-refractivity contribution in [2.24, 2.45) is 11.7 Å². The van der Waals surface area contributed by atoms with E-state index in [4.69, 9.17) is 5.73 Å². The molecule has 0 radical (unpaired) electrons. The standard InChI is InChI=1S/C14H18BrN3O3/c15-13-10(2-1-3-12(13)18(20)21)8-17-11-6-4-9(5-7-11)14(16)19/h1-3,9,11,17H,4-8H2,(H2,16,19). The van der Waals surface area contributed by atoms with E-state index >= 15 is 0 Å². The predicted molar refractivity (Wildman–Crippen MR) is 82.6 cm³/mol. The third kappa shape index (κ3) is 4.01. The molecule has 1 aromatic rings. The molecule has 1 fully saturated rings. The molecule has 1 saturated carbocycles. The first-order chi connectivity index (χ1) is 9.99. The summed E-state index contributed by atoms with van der Waals surface area (Å²) in [4.78, 5) is 21.6. The van der Waals surface area contributed by atoms with E-state index in [0.717, 1.165) is 31.2 Å². The molecule has 2 rings (SSSR count). The van der Waals surface area contributed by atoms with Crippen LogP contribution in [0, 0.1) is 16.0 Å². The van der Waals surface area contributed by atoms with Crippen LogP contribution in [0.25, 0.3) is 0 Å². The molecule has 0 saturated heterocycles. The number of nitrogens with two attached hydrogens (primary N) is 1. The molecule has 0 atom stereocenters. The van der Waals surface area contributed by atoms with E-state index in [1.54, 1.807) is 6.07 Å². The number of nitrogens with zero attached hydrogens (tertiary/aromatic N) is 1. The molecule has 1 aliphatic carbocycles. The van der Waals surface area contributed by atoms with Crippen LogP contribution in [0.4, 0.5) is 5.69 Å². The first-order valence-corrected chi connectivity index (χ1v) is 7.73. The van der Waals surface area contributed by atoms with Gasteiger partial charge in [0, 0.05) is 24.6 Å². The molecule has 1 aliphatic rings. The Balaban J connectivity index is 1.91. The summed E-state index contributed by atoms with van der Waals surface area (Å²) in [5.74, 6) is -0.220. The van der Waals surface area contributed by atoms with Gasteiger partial charge in [-0.3, -0.25) is 14.9 Å². The molecule has 7 heteroatoms. The van der Waals surface area contributed by atoms with Gasteiger partial charge in [-0.1, -0.05) is 12.1 Å². The Morgan fingerprint density at radius 1 is 1.38 bits per heavy atom. The van der Waals surface area contributed by atoms with Crippen LogP contribution >= 0.6 is 15.9 Å². The number of hydrogen-bond acceptors (Lipinski definition) is 4. The van der Waals surface area contributed by atoms with Crippen LogP contribution in [0.1, 0.15) is 31.2 Å². The summed E-state index contributed by atoms with van der Waals surface area (Å²) < 4.78 is 0.522. The molecule has 1 aromatic carbocycles. The molecule has 0 aliphatic heterocycles. The van der Waals surface area contributed by atoms with Crippen molar-refractivity contribution in [2.45, 2.75) is 38.3 Å². The number of nitro benzene ring substituents is 1. The average Bonchev–Trinajstić information content (AvgIpc) is 2.46. The van der Waals surface area contributed by atoms with Crippen LogP contribution in [-0.2, 0) is 11.3 Å². The summed E-state index contributed by atoms with van der Waals surface area (Å²) in [6, 6.07) is 5.35.